The zero-order valence-corrected chi connectivity index (χ0v) is 12.4. The Bertz CT molecular complexity index is 367. The molecule has 0 bridgehead atoms. The number of rotatable bonds is 1. The van der Waals surface area contributed by atoms with E-state index in [1.807, 2.05) is 12.2 Å². The Morgan fingerprint density at radius 1 is 1.24 bits per heavy atom. The van der Waals surface area contributed by atoms with Crippen LogP contribution in [0, 0.1) is 0 Å². The van der Waals surface area contributed by atoms with Crippen molar-refractivity contribution in [2.24, 2.45) is 0 Å². The molecule has 2 aliphatic rings. The molecule has 0 amide bonds. The fourth-order valence-electron chi connectivity index (χ4n) is 2.32. The maximum atomic E-state index is 12.8. The standard InChI is InChI=1S/C11H20NO3PS/c1-10(2)9(12-11(3,4)17-10)16(13)14-7-5-6-8-15-16/h5-6,9,12H,7-8H2,1-4H3. The van der Waals surface area contributed by atoms with Crippen molar-refractivity contribution in [3.8, 4) is 0 Å². The SMILES string of the molecule is CC1(C)NC(P2(=O)OCC=CCO2)C(C)(C)S1. The van der Waals surface area contributed by atoms with E-state index in [-0.39, 0.29) is 15.4 Å². The summed E-state index contributed by atoms with van der Waals surface area (Å²) < 4.78 is 23.6. The maximum Gasteiger partial charge on any atom is 0.349 e. The normalized spacial score (nSPS) is 34.5. The van der Waals surface area contributed by atoms with Crippen molar-refractivity contribution in [2.75, 3.05) is 13.2 Å². The molecule has 1 saturated heterocycles. The fraction of sp³-hybridized carbons (Fsp3) is 0.818. The second kappa shape index (κ2) is 4.39. The van der Waals surface area contributed by atoms with Crippen LogP contribution in [0.3, 0.4) is 0 Å². The third kappa shape index (κ3) is 2.79. The van der Waals surface area contributed by atoms with Crippen molar-refractivity contribution in [3.05, 3.63) is 12.2 Å². The van der Waals surface area contributed by atoms with Gasteiger partial charge in [-0.05, 0) is 27.7 Å². The topological polar surface area (TPSA) is 47.6 Å². The first kappa shape index (κ1) is 13.6. The Morgan fingerprint density at radius 2 is 1.76 bits per heavy atom. The van der Waals surface area contributed by atoms with Crippen molar-refractivity contribution >= 4 is 19.4 Å². The third-order valence-corrected chi connectivity index (χ3v) is 6.83. The lowest BCUT2D eigenvalue weighted by Gasteiger charge is -2.30. The summed E-state index contributed by atoms with van der Waals surface area (Å²) in [5.41, 5.74) is 0. The van der Waals surface area contributed by atoms with Crippen molar-refractivity contribution in [1.82, 2.24) is 5.32 Å². The molecule has 17 heavy (non-hydrogen) atoms. The molecule has 6 heteroatoms. The Balaban J connectivity index is 2.24. The van der Waals surface area contributed by atoms with Gasteiger partial charge in [0.1, 0.15) is 5.78 Å². The van der Waals surface area contributed by atoms with E-state index in [1.54, 1.807) is 11.8 Å². The van der Waals surface area contributed by atoms with Crippen LogP contribution in [0.1, 0.15) is 27.7 Å². The molecule has 4 nitrogen and oxygen atoms in total. The maximum absolute atomic E-state index is 12.8. The van der Waals surface area contributed by atoms with Gasteiger partial charge in [-0.3, -0.25) is 9.88 Å². The van der Waals surface area contributed by atoms with Gasteiger partial charge in [0.05, 0.1) is 18.1 Å². The van der Waals surface area contributed by atoms with Crippen LogP contribution in [0.15, 0.2) is 12.2 Å². The Kier molecular flexibility index (Phi) is 3.52. The van der Waals surface area contributed by atoms with E-state index in [4.69, 9.17) is 9.05 Å². The predicted molar refractivity (Wildman–Crippen MR) is 71.3 cm³/mol. The highest BCUT2D eigenvalue weighted by Crippen LogP contribution is 2.63. The van der Waals surface area contributed by atoms with Crippen molar-refractivity contribution < 1.29 is 13.6 Å². The molecular formula is C11H20NO3PS. The molecule has 0 spiro atoms. The van der Waals surface area contributed by atoms with Crippen LogP contribution < -0.4 is 5.32 Å². The van der Waals surface area contributed by atoms with Crippen molar-refractivity contribution in [3.63, 3.8) is 0 Å². The van der Waals surface area contributed by atoms with Gasteiger partial charge < -0.3 is 9.05 Å². The lowest BCUT2D eigenvalue weighted by molar-refractivity contribution is 0.225. The van der Waals surface area contributed by atoms with Gasteiger partial charge in [-0.1, -0.05) is 12.2 Å². The molecule has 2 heterocycles. The second-order valence-corrected chi connectivity index (χ2v) is 9.75. The van der Waals surface area contributed by atoms with Crippen LogP contribution in [-0.4, -0.2) is 28.6 Å². The largest absolute Gasteiger partial charge is 0.349 e. The predicted octanol–water partition coefficient (Wildman–Crippen LogP) is 2.96. The lowest BCUT2D eigenvalue weighted by atomic mass is 10.2. The lowest BCUT2D eigenvalue weighted by Crippen LogP contribution is -2.41. The molecule has 98 valence electrons. The fourth-order valence-corrected chi connectivity index (χ4v) is 6.82. The van der Waals surface area contributed by atoms with Crippen LogP contribution in [0.5, 0.6) is 0 Å². The zero-order chi connectivity index (χ0) is 12.7. The molecule has 0 aromatic heterocycles. The van der Waals surface area contributed by atoms with Gasteiger partial charge in [0.2, 0.25) is 0 Å². The number of nitrogens with one attached hydrogen (secondary N) is 1. The van der Waals surface area contributed by atoms with Gasteiger partial charge in [-0.2, -0.15) is 0 Å². The van der Waals surface area contributed by atoms with Gasteiger partial charge in [0.15, 0.2) is 0 Å². The van der Waals surface area contributed by atoms with Gasteiger partial charge in [-0.25, -0.2) is 0 Å². The summed E-state index contributed by atoms with van der Waals surface area (Å²) in [7, 11) is -3.10. The Morgan fingerprint density at radius 3 is 2.18 bits per heavy atom. The summed E-state index contributed by atoms with van der Waals surface area (Å²) in [4.78, 5) is -0.113. The summed E-state index contributed by atoms with van der Waals surface area (Å²) >= 11 is 1.77. The second-order valence-electron chi connectivity index (χ2n) is 5.37. The minimum absolute atomic E-state index is 0.113. The van der Waals surface area contributed by atoms with E-state index in [1.165, 1.54) is 0 Å². The highest BCUT2D eigenvalue weighted by atomic mass is 32.2. The van der Waals surface area contributed by atoms with Crippen LogP contribution in [-0.2, 0) is 13.6 Å². The zero-order valence-electron chi connectivity index (χ0n) is 10.7. The first-order valence-corrected chi connectivity index (χ1v) is 8.20. The molecule has 2 aliphatic heterocycles. The molecule has 0 aromatic carbocycles. The number of hydrogen-bond donors (Lipinski definition) is 1. The van der Waals surface area contributed by atoms with E-state index in [0.29, 0.717) is 13.2 Å². The summed E-state index contributed by atoms with van der Waals surface area (Å²) in [5.74, 6) is -0.269. The molecule has 0 saturated carbocycles. The number of thioether (sulfide) groups is 1. The molecule has 0 aliphatic carbocycles. The minimum atomic E-state index is -3.10. The van der Waals surface area contributed by atoms with Gasteiger partial charge in [-0.15, -0.1) is 11.8 Å². The van der Waals surface area contributed by atoms with Gasteiger partial charge in [0.25, 0.3) is 0 Å². The van der Waals surface area contributed by atoms with Crippen molar-refractivity contribution in [1.29, 1.82) is 0 Å². The molecule has 0 radical (unpaired) electrons. The summed E-state index contributed by atoms with van der Waals surface area (Å²) in [6.45, 7) is 9.04. The van der Waals surface area contributed by atoms with E-state index in [2.05, 4.69) is 33.0 Å². The number of hydrogen-bond acceptors (Lipinski definition) is 5. The van der Waals surface area contributed by atoms with Crippen LogP contribution >= 0.6 is 19.4 Å². The van der Waals surface area contributed by atoms with Crippen LogP contribution in [0.2, 0.25) is 0 Å². The molecule has 0 aromatic rings. The summed E-state index contributed by atoms with van der Waals surface area (Å²) in [6, 6.07) is 0. The molecule has 1 atom stereocenters. The van der Waals surface area contributed by atoms with E-state index < -0.39 is 7.60 Å². The van der Waals surface area contributed by atoms with Gasteiger partial charge >= 0.3 is 7.60 Å². The molecule has 1 N–H and O–H groups in total. The molecule has 1 fully saturated rings. The highest BCUT2D eigenvalue weighted by molar-refractivity contribution is 8.02. The van der Waals surface area contributed by atoms with Crippen LogP contribution in [0.4, 0.5) is 0 Å². The van der Waals surface area contributed by atoms with Crippen LogP contribution in [0.25, 0.3) is 0 Å². The van der Waals surface area contributed by atoms with E-state index in [0.717, 1.165) is 0 Å². The Hall–Kier alpha value is 0.200. The Labute approximate surface area is 107 Å². The smallest absolute Gasteiger partial charge is 0.303 e. The first-order chi connectivity index (χ1) is 7.75. The first-order valence-electron chi connectivity index (χ1n) is 5.77. The highest BCUT2D eigenvalue weighted by Gasteiger charge is 2.55. The molecular weight excluding hydrogens is 257 g/mol. The monoisotopic (exact) mass is 277 g/mol. The average molecular weight is 277 g/mol. The third-order valence-electron chi connectivity index (χ3n) is 2.85. The summed E-state index contributed by atoms with van der Waals surface area (Å²) in [5, 5.41) is 3.38. The summed E-state index contributed by atoms with van der Waals surface area (Å²) in [6.07, 6.45) is 3.69. The van der Waals surface area contributed by atoms with E-state index in [9.17, 15) is 4.57 Å². The molecule has 2 rings (SSSR count). The minimum Gasteiger partial charge on any atom is -0.303 e. The van der Waals surface area contributed by atoms with Crippen molar-refractivity contribution in [2.45, 2.75) is 43.1 Å². The van der Waals surface area contributed by atoms with Gasteiger partial charge in [0, 0.05) is 4.75 Å². The van der Waals surface area contributed by atoms with E-state index >= 15 is 0 Å². The average Bonchev–Trinajstić information content (AvgIpc) is 2.37. The molecule has 1 unspecified atom stereocenters. The quantitative estimate of drug-likeness (QED) is 0.590.